The second kappa shape index (κ2) is 8.18. The summed E-state index contributed by atoms with van der Waals surface area (Å²) < 4.78 is 5.38. The molecule has 2 rings (SSSR count). The third kappa shape index (κ3) is 6.22. The predicted octanol–water partition coefficient (Wildman–Crippen LogP) is 3.13. The highest BCUT2D eigenvalue weighted by Gasteiger charge is 2.27. The van der Waals surface area contributed by atoms with Crippen LogP contribution in [0.5, 0.6) is 0 Å². The summed E-state index contributed by atoms with van der Waals surface area (Å²) in [6.07, 6.45) is 2.53. The van der Waals surface area contributed by atoms with Crippen LogP contribution in [0.4, 0.5) is 4.79 Å². The van der Waals surface area contributed by atoms with Crippen molar-refractivity contribution in [2.75, 3.05) is 13.1 Å². The maximum Gasteiger partial charge on any atom is 0.410 e. The molecule has 0 saturated carbocycles. The minimum absolute atomic E-state index is 0.0783. The minimum atomic E-state index is -0.473. The monoisotopic (exact) mass is 332 g/mol. The van der Waals surface area contributed by atoms with Gasteiger partial charge in [0.1, 0.15) is 5.60 Å². The van der Waals surface area contributed by atoms with Crippen LogP contribution < -0.4 is 5.32 Å². The number of amides is 2. The van der Waals surface area contributed by atoms with E-state index in [0.29, 0.717) is 19.5 Å². The smallest absolute Gasteiger partial charge is 0.410 e. The van der Waals surface area contributed by atoms with Crippen LogP contribution in [0.2, 0.25) is 0 Å². The van der Waals surface area contributed by atoms with Crippen molar-refractivity contribution in [2.45, 2.75) is 58.1 Å². The van der Waals surface area contributed by atoms with Crippen LogP contribution in [0, 0.1) is 0 Å². The van der Waals surface area contributed by atoms with Gasteiger partial charge in [-0.1, -0.05) is 30.3 Å². The first kappa shape index (κ1) is 18.3. The van der Waals surface area contributed by atoms with Crippen molar-refractivity contribution in [3.8, 4) is 0 Å². The number of hydrogen-bond donors (Lipinski definition) is 1. The summed E-state index contributed by atoms with van der Waals surface area (Å²) in [6, 6.07) is 10.2. The van der Waals surface area contributed by atoms with E-state index in [-0.39, 0.29) is 18.0 Å². The molecule has 5 nitrogen and oxygen atoms in total. The van der Waals surface area contributed by atoms with E-state index in [1.54, 1.807) is 4.90 Å². The maximum absolute atomic E-state index is 12.1. The number of benzene rings is 1. The van der Waals surface area contributed by atoms with Crippen LogP contribution in [0.3, 0.4) is 0 Å². The van der Waals surface area contributed by atoms with Gasteiger partial charge in [-0.2, -0.15) is 0 Å². The molecule has 5 heteroatoms. The topological polar surface area (TPSA) is 58.6 Å². The molecule has 0 aromatic heterocycles. The van der Waals surface area contributed by atoms with Crippen LogP contribution in [-0.2, 0) is 16.0 Å². The van der Waals surface area contributed by atoms with E-state index in [1.807, 2.05) is 51.1 Å². The minimum Gasteiger partial charge on any atom is -0.444 e. The highest BCUT2D eigenvalue weighted by Crippen LogP contribution is 2.15. The summed E-state index contributed by atoms with van der Waals surface area (Å²) in [4.78, 5) is 25.8. The lowest BCUT2D eigenvalue weighted by Crippen LogP contribution is -2.47. The van der Waals surface area contributed by atoms with Gasteiger partial charge in [-0.25, -0.2) is 4.79 Å². The lowest BCUT2D eigenvalue weighted by Gasteiger charge is -2.33. The third-order valence-corrected chi connectivity index (χ3v) is 4.00. The van der Waals surface area contributed by atoms with Crippen molar-refractivity contribution in [2.24, 2.45) is 0 Å². The molecule has 1 saturated heterocycles. The largest absolute Gasteiger partial charge is 0.444 e. The van der Waals surface area contributed by atoms with Gasteiger partial charge in [0.25, 0.3) is 0 Å². The Morgan fingerprint density at radius 1 is 1.17 bits per heavy atom. The van der Waals surface area contributed by atoms with Gasteiger partial charge < -0.3 is 15.0 Å². The summed E-state index contributed by atoms with van der Waals surface area (Å²) in [5.74, 6) is 0.0783. The van der Waals surface area contributed by atoms with Crippen molar-refractivity contribution in [3.05, 3.63) is 35.9 Å². The average molecular weight is 332 g/mol. The molecule has 0 unspecified atom stereocenters. The second-order valence-electron chi connectivity index (χ2n) is 7.29. The van der Waals surface area contributed by atoms with Gasteiger partial charge in [0.05, 0.1) is 0 Å². The zero-order valence-corrected chi connectivity index (χ0v) is 14.9. The van der Waals surface area contributed by atoms with E-state index in [0.717, 1.165) is 19.3 Å². The van der Waals surface area contributed by atoms with Crippen molar-refractivity contribution in [3.63, 3.8) is 0 Å². The first-order valence-corrected chi connectivity index (χ1v) is 8.65. The number of hydrogen-bond acceptors (Lipinski definition) is 3. The summed E-state index contributed by atoms with van der Waals surface area (Å²) in [5.41, 5.74) is 0.701. The Balaban J connectivity index is 1.69. The lowest BCUT2D eigenvalue weighted by atomic mass is 10.0. The van der Waals surface area contributed by atoms with Gasteiger partial charge in [0.15, 0.2) is 0 Å². The number of rotatable bonds is 4. The van der Waals surface area contributed by atoms with Crippen LogP contribution in [0.25, 0.3) is 0 Å². The lowest BCUT2D eigenvalue weighted by molar-refractivity contribution is -0.122. The highest BCUT2D eigenvalue weighted by molar-refractivity contribution is 5.76. The molecule has 2 amide bonds. The molecule has 1 aromatic rings. The SMILES string of the molecule is CC(C)(C)OC(=O)N1CCC(NC(=O)CCc2ccccc2)CC1. The van der Waals surface area contributed by atoms with E-state index in [4.69, 9.17) is 4.74 Å². The first-order valence-electron chi connectivity index (χ1n) is 8.65. The Labute approximate surface area is 144 Å². The van der Waals surface area contributed by atoms with Gasteiger partial charge >= 0.3 is 6.09 Å². The Kier molecular flexibility index (Phi) is 6.23. The zero-order chi connectivity index (χ0) is 17.6. The molecule has 1 aliphatic heterocycles. The van der Waals surface area contributed by atoms with Gasteiger partial charge in [-0.3, -0.25) is 4.79 Å². The number of carbonyl (C=O) groups is 2. The van der Waals surface area contributed by atoms with Crippen molar-refractivity contribution in [1.29, 1.82) is 0 Å². The summed E-state index contributed by atoms with van der Waals surface area (Å²) >= 11 is 0. The van der Waals surface area contributed by atoms with Crippen molar-refractivity contribution < 1.29 is 14.3 Å². The van der Waals surface area contributed by atoms with E-state index in [1.165, 1.54) is 5.56 Å². The van der Waals surface area contributed by atoms with E-state index in [2.05, 4.69) is 5.32 Å². The number of aryl methyl sites for hydroxylation is 1. The summed E-state index contributed by atoms with van der Waals surface area (Å²) in [6.45, 7) is 6.84. The summed E-state index contributed by atoms with van der Waals surface area (Å²) in [5, 5.41) is 3.08. The van der Waals surface area contributed by atoms with Gasteiger partial charge in [-0.15, -0.1) is 0 Å². The number of piperidine rings is 1. The highest BCUT2D eigenvalue weighted by atomic mass is 16.6. The molecule has 1 aromatic carbocycles. The second-order valence-corrected chi connectivity index (χ2v) is 7.29. The van der Waals surface area contributed by atoms with Gasteiger partial charge in [0, 0.05) is 25.6 Å². The molecular formula is C19H28N2O3. The van der Waals surface area contributed by atoms with Crippen molar-refractivity contribution in [1.82, 2.24) is 10.2 Å². The Morgan fingerprint density at radius 2 is 1.79 bits per heavy atom. The van der Waals surface area contributed by atoms with E-state index in [9.17, 15) is 9.59 Å². The fourth-order valence-electron chi connectivity index (χ4n) is 2.74. The molecule has 0 aliphatic carbocycles. The van der Waals surface area contributed by atoms with Crippen LogP contribution >= 0.6 is 0 Å². The number of ether oxygens (including phenoxy) is 1. The van der Waals surface area contributed by atoms with Gasteiger partial charge in [-0.05, 0) is 45.6 Å². The quantitative estimate of drug-likeness (QED) is 0.921. The average Bonchev–Trinajstić information content (AvgIpc) is 2.53. The third-order valence-electron chi connectivity index (χ3n) is 4.00. The molecule has 1 aliphatic rings. The van der Waals surface area contributed by atoms with Crippen LogP contribution in [0.15, 0.2) is 30.3 Å². The first-order chi connectivity index (χ1) is 11.3. The Hall–Kier alpha value is -2.04. The molecule has 1 fully saturated rings. The van der Waals surface area contributed by atoms with Crippen LogP contribution in [-0.4, -0.2) is 41.6 Å². The molecule has 0 atom stereocenters. The standard InChI is InChI=1S/C19H28N2O3/c1-19(2,3)24-18(23)21-13-11-16(12-14-21)20-17(22)10-9-15-7-5-4-6-8-15/h4-8,16H,9-14H2,1-3H3,(H,20,22). The van der Waals surface area contributed by atoms with Crippen molar-refractivity contribution >= 4 is 12.0 Å². The molecule has 0 bridgehead atoms. The number of nitrogens with zero attached hydrogens (tertiary/aromatic N) is 1. The molecule has 1 N–H and O–H groups in total. The zero-order valence-electron chi connectivity index (χ0n) is 14.9. The number of likely N-dealkylation sites (tertiary alicyclic amines) is 1. The molecule has 24 heavy (non-hydrogen) atoms. The van der Waals surface area contributed by atoms with Gasteiger partial charge in [0.2, 0.25) is 5.91 Å². The molecule has 0 radical (unpaired) electrons. The molecule has 132 valence electrons. The maximum atomic E-state index is 12.1. The predicted molar refractivity (Wildman–Crippen MR) is 93.7 cm³/mol. The molecule has 0 spiro atoms. The molecular weight excluding hydrogens is 304 g/mol. The van der Waals surface area contributed by atoms with E-state index < -0.39 is 5.60 Å². The fraction of sp³-hybridized carbons (Fsp3) is 0.579. The molecule has 1 heterocycles. The van der Waals surface area contributed by atoms with E-state index >= 15 is 0 Å². The number of carbonyl (C=O) groups excluding carboxylic acids is 2. The number of nitrogens with one attached hydrogen (secondary N) is 1. The normalized spacial score (nSPS) is 15.9. The fourth-order valence-corrected chi connectivity index (χ4v) is 2.74. The van der Waals surface area contributed by atoms with Crippen LogP contribution in [0.1, 0.15) is 45.6 Å². The summed E-state index contributed by atoms with van der Waals surface area (Å²) in [7, 11) is 0. The Bertz CT molecular complexity index is 543. The Morgan fingerprint density at radius 3 is 2.38 bits per heavy atom.